The predicted molar refractivity (Wildman–Crippen MR) is 273 cm³/mol. The molecular weight excluding hydrogens is 779 g/mol. The molecule has 0 aliphatic carbocycles. The predicted octanol–water partition coefficient (Wildman–Crippen LogP) is 16.9. The molecule has 2 atom stereocenters. The zero-order valence-electron chi connectivity index (χ0n) is 42.1. The molecule has 0 fully saturated rings. The Morgan fingerprint density at radius 3 is 1.21 bits per heavy atom. The van der Waals surface area contributed by atoms with E-state index in [1.54, 1.807) is 6.08 Å². The van der Waals surface area contributed by atoms with Crippen LogP contribution in [0, 0.1) is 0 Å². The molecule has 3 N–H and O–H groups in total. The van der Waals surface area contributed by atoms with Crippen LogP contribution in [0.25, 0.3) is 0 Å². The molecule has 0 aliphatic rings. The van der Waals surface area contributed by atoms with Gasteiger partial charge in [-0.05, 0) is 64.2 Å². The Morgan fingerprint density at radius 2 is 0.794 bits per heavy atom. The van der Waals surface area contributed by atoms with Crippen molar-refractivity contribution in [1.29, 1.82) is 0 Å². The highest BCUT2D eigenvalue weighted by Gasteiger charge is 2.18. The number of hydrogen-bond acceptors (Lipinski definition) is 5. The number of allylic oxidation sites excluding steroid dienone is 5. The van der Waals surface area contributed by atoms with E-state index in [0.717, 1.165) is 57.8 Å². The minimum Gasteiger partial charge on any atom is -0.466 e. The van der Waals surface area contributed by atoms with Crippen LogP contribution in [-0.2, 0) is 14.3 Å². The first-order valence-corrected chi connectivity index (χ1v) is 27.8. The number of amides is 1. The monoisotopic (exact) mass is 886 g/mol. The van der Waals surface area contributed by atoms with Gasteiger partial charge in [-0.1, -0.05) is 249 Å². The first kappa shape index (κ1) is 61.1. The van der Waals surface area contributed by atoms with Crippen LogP contribution in [0.3, 0.4) is 0 Å². The fourth-order valence-corrected chi connectivity index (χ4v) is 8.37. The Kier molecular flexibility index (Phi) is 51.1. The second-order valence-corrected chi connectivity index (χ2v) is 18.9. The van der Waals surface area contributed by atoms with Crippen LogP contribution < -0.4 is 5.32 Å². The number of esters is 1. The quantitative estimate of drug-likeness (QED) is 0.0321. The molecule has 0 aromatic rings. The summed E-state index contributed by atoms with van der Waals surface area (Å²) in [6.07, 6.45) is 64.5. The van der Waals surface area contributed by atoms with Crippen LogP contribution in [0.1, 0.15) is 290 Å². The molecule has 2 unspecified atom stereocenters. The van der Waals surface area contributed by atoms with Gasteiger partial charge in [0, 0.05) is 12.8 Å². The molecule has 0 heterocycles. The topological polar surface area (TPSA) is 95.9 Å². The summed E-state index contributed by atoms with van der Waals surface area (Å²) in [5.41, 5.74) is 0. The van der Waals surface area contributed by atoms with Crippen molar-refractivity contribution in [2.75, 3.05) is 13.2 Å². The van der Waals surface area contributed by atoms with Crippen LogP contribution in [0.5, 0.6) is 0 Å². The smallest absolute Gasteiger partial charge is 0.305 e. The van der Waals surface area contributed by atoms with Gasteiger partial charge in [0.05, 0.1) is 25.4 Å². The molecule has 0 saturated carbocycles. The Labute approximate surface area is 392 Å². The number of aliphatic hydroxyl groups is 2. The van der Waals surface area contributed by atoms with Gasteiger partial charge in [0.2, 0.25) is 5.91 Å². The molecule has 0 aliphatic heterocycles. The Morgan fingerprint density at radius 1 is 0.444 bits per heavy atom. The van der Waals surface area contributed by atoms with Gasteiger partial charge in [0.25, 0.3) is 0 Å². The zero-order valence-corrected chi connectivity index (χ0v) is 42.1. The van der Waals surface area contributed by atoms with E-state index >= 15 is 0 Å². The summed E-state index contributed by atoms with van der Waals surface area (Å²) in [5, 5.41) is 22.9. The third-order valence-corrected chi connectivity index (χ3v) is 12.7. The largest absolute Gasteiger partial charge is 0.466 e. The maximum atomic E-state index is 12.4. The third kappa shape index (κ3) is 49.4. The van der Waals surface area contributed by atoms with Crippen molar-refractivity contribution in [2.24, 2.45) is 0 Å². The molecule has 6 nitrogen and oxygen atoms in total. The molecule has 0 saturated heterocycles. The van der Waals surface area contributed by atoms with Crippen molar-refractivity contribution in [1.82, 2.24) is 5.32 Å². The Balaban J connectivity index is 3.45. The molecule has 0 aromatic carbocycles. The normalized spacial score (nSPS) is 12.9. The van der Waals surface area contributed by atoms with Crippen molar-refractivity contribution in [3.8, 4) is 0 Å². The number of carbonyl (C=O) groups excluding carboxylic acids is 2. The SMILES string of the molecule is CCCCCCCCCC/C=C/C(O)C(CO)NC(=O)CCCCCCCCC/C=C\C/C=C\CCCCCCCCCCCOC(=O)CCCCCCCCCCCCCCC. The fourth-order valence-electron chi connectivity index (χ4n) is 8.37. The van der Waals surface area contributed by atoms with Gasteiger partial charge in [-0.15, -0.1) is 0 Å². The molecule has 63 heavy (non-hydrogen) atoms. The lowest BCUT2D eigenvalue weighted by Gasteiger charge is -2.20. The number of rotatable bonds is 51. The highest BCUT2D eigenvalue weighted by atomic mass is 16.5. The van der Waals surface area contributed by atoms with E-state index < -0.39 is 12.1 Å². The first-order valence-electron chi connectivity index (χ1n) is 27.8. The summed E-state index contributed by atoms with van der Waals surface area (Å²) >= 11 is 0. The van der Waals surface area contributed by atoms with Crippen molar-refractivity contribution >= 4 is 11.9 Å². The van der Waals surface area contributed by atoms with Gasteiger partial charge >= 0.3 is 5.97 Å². The number of carbonyl (C=O) groups is 2. The minimum absolute atomic E-state index is 0.00749. The lowest BCUT2D eigenvalue weighted by atomic mass is 10.0. The second kappa shape index (κ2) is 52.7. The van der Waals surface area contributed by atoms with Crippen molar-refractivity contribution in [3.05, 3.63) is 36.5 Å². The molecule has 6 heteroatoms. The van der Waals surface area contributed by atoms with Gasteiger partial charge in [-0.2, -0.15) is 0 Å². The first-order chi connectivity index (χ1) is 31.0. The van der Waals surface area contributed by atoms with Crippen molar-refractivity contribution in [2.45, 2.75) is 302 Å². The highest BCUT2D eigenvalue weighted by molar-refractivity contribution is 5.76. The average molecular weight is 886 g/mol. The Hall–Kier alpha value is -1.92. The van der Waals surface area contributed by atoms with E-state index in [9.17, 15) is 19.8 Å². The van der Waals surface area contributed by atoms with Crippen LogP contribution in [0.4, 0.5) is 0 Å². The van der Waals surface area contributed by atoms with Crippen LogP contribution in [0.2, 0.25) is 0 Å². The van der Waals surface area contributed by atoms with Crippen LogP contribution in [-0.4, -0.2) is 47.4 Å². The minimum atomic E-state index is -0.849. The lowest BCUT2D eigenvalue weighted by molar-refractivity contribution is -0.143. The second-order valence-electron chi connectivity index (χ2n) is 18.9. The maximum Gasteiger partial charge on any atom is 0.305 e. The number of unbranched alkanes of at least 4 members (excludes halogenated alkanes) is 36. The molecule has 370 valence electrons. The number of nitrogens with one attached hydrogen (secondary N) is 1. The molecule has 0 spiro atoms. The van der Waals surface area contributed by atoms with E-state index in [1.165, 1.54) is 205 Å². The maximum absolute atomic E-state index is 12.4. The van der Waals surface area contributed by atoms with E-state index in [2.05, 4.69) is 43.5 Å². The van der Waals surface area contributed by atoms with Crippen molar-refractivity contribution < 1.29 is 24.5 Å². The molecule has 1 amide bonds. The lowest BCUT2D eigenvalue weighted by Crippen LogP contribution is -2.45. The average Bonchev–Trinajstić information content (AvgIpc) is 3.28. The number of aliphatic hydroxyl groups excluding tert-OH is 2. The standard InChI is InChI=1S/C57H107NO5/c1-3-5-7-9-11-13-15-27-31-35-39-43-47-51-57(62)63-52-48-44-40-36-32-29-26-24-22-20-18-16-17-19-21-23-25-28-30-34-38-42-46-50-56(61)58-54(53-59)55(60)49-45-41-37-33-14-12-10-8-6-4-2/h16,18-19,21,45,49,54-55,59-60H,3-15,17,20,22-44,46-48,50-53H2,1-2H3,(H,58,61)/b18-16-,21-19-,49-45+. The van der Waals surface area contributed by atoms with Crippen LogP contribution in [0.15, 0.2) is 36.5 Å². The van der Waals surface area contributed by atoms with E-state index in [0.29, 0.717) is 19.4 Å². The van der Waals surface area contributed by atoms with Gasteiger partial charge in [0.15, 0.2) is 0 Å². The van der Waals surface area contributed by atoms with E-state index in [4.69, 9.17) is 4.74 Å². The van der Waals surface area contributed by atoms with E-state index in [1.807, 2.05) is 6.08 Å². The van der Waals surface area contributed by atoms with Crippen LogP contribution >= 0.6 is 0 Å². The third-order valence-electron chi connectivity index (χ3n) is 12.7. The fraction of sp³-hybridized carbons (Fsp3) is 0.860. The Bertz CT molecular complexity index is 1020. The van der Waals surface area contributed by atoms with Gasteiger partial charge < -0.3 is 20.3 Å². The summed E-state index contributed by atoms with van der Waals surface area (Å²) in [4.78, 5) is 24.4. The summed E-state index contributed by atoms with van der Waals surface area (Å²) in [6, 6.07) is -0.633. The van der Waals surface area contributed by atoms with Gasteiger partial charge in [-0.3, -0.25) is 9.59 Å². The number of ether oxygens (including phenoxy) is 1. The van der Waals surface area contributed by atoms with Gasteiger partial charge in [0.1, 0.15) is 0 Å². The molecule has 0 rings (SSSR count). The van der Waals surface area contributed by atoms with Gasteiger partial charge in [-0.25, -0.2) is 0 Å². The number of hydrogen-bond donors (Lipinski definition) is 3. The zero-order chi connectivity index (χ0) is 45.8. The van der Waals surface area contributed by atoms with Crippen molar-refractivity contribution in [3.63, 3.8) is 0 Å². The molecule has 0 bridgehead atoms. The summed E-state index contributed by atoms with van der Waals surface area (Å²) in [5.74, 6) is -0.0732. The molecular formula is C57H107NO5. The summed E-state index contributed by atoms with van der Waals surface area (Å²) in [6.45, 7) is 4.87. The highest BCUT2D eigenvalue weighted by Crippen LogP contribution is 2.16. The molecule has 0 aromatic heterocycles. The van der Waals surface area contributed by atoms with E-state index in [-0.39, 0.29) is 18.5 Å². The summed E-state index contributed by atoms with van der Waals surface area (Å²) in [7, 11) is 0. The summed E-state index contributed by atoms with van der Waals surface area (Å²) < 4.78 is 5.47. The molecule has 0 radical (unpaired) electrons.